The lowest BCUT2D eigenvalue weighted by Gasteiger charge is -2.11. The van der Waals surface area contributed by atoms with Crippen molar-refractivity contribution >= 4 is 28.9 Å². The first-order valence-electron chi connectivity index (χ1n) is 4.80. The highest BCUT2D eigenvalue weighted by molar-refractivity contribution is 7.80. The van der Waals surface area contributed by atoms with Gasteiger partial charge in [0.05, 0.1) is 5.56 Å². The number of nitrogens with two attached hydrogens (primary N) is 2. The molecule has 1 aromatic rings. The lowest BCUT2D eigenvalue weighted by molar-refractivity contribution is -0.117. The number of carbonyl (C=O) groups is 1. The quantitative estimate of drug-likeness (QED) is 0.642. The van der Waals surface area contributed by atoms with Crippen molar-refractivity contribution in [3.05, 3.63) is 23.4 Å². The largest absolute Gasteiger partial charge is 0.389 e. The highest BCUT2D eigenvalue weighted by Gasteiger charge is 2.09. The Morgan fingerprint density at radius 1 is 1.56 bits per heavy atom. The van der Waals surface area contributed by atoms with E-state index in [4.69, 9.17) is 23.7 Å². The molecule has 1 rings (SSSR count). The minimum Gasteiger partial charge on any atom is -0.389 e. The van der Waals surface area contributed by atoms with Gasteiger partial charge in [0.2, 0.25) is 5.91 Å². The van der Waals surface area contributed by atoms with E-state index in [0.29, 0.717) is 17.9 Å². The molecule has 0 atom stereocenters. The minimum absolute atomic E-state index is 0.242. The zero-order valence-corrected chi connectivity index (χ0v) is 9.80. The van der Waals surface area contributed by atoms with Gasteiger partial charge in [-0.15, -0.1) is 0 Å². The van der Waals surface area contributed by atoms with Crippen LogP contribution in [0.25, 0.3) is 0 Å². The summed E-state index contributed by atoms with van der Waals surface area (Å²) >= 11 is 4.95. The Bertz CT molecular complexity index is 419. The third-order valence-corrected chi connectivity index (χ3v) is 2.27. The number of pyridine rings is 1. The van der Waals surface area contributed by atoms with Crippen molar-refractivity contribution in [3.63, 3.8) is 0 Å². The Hall–Kier alpha value is -1.69. The van der Waals surface area contributed by atoms with Gasteiger partial charge in [-0.1, -0.05) is 12.2 Å². The molecule has 0 aromatic carbocycles. The van der Waals surface area contributed by atoms with E-state index < -0.39 is 0 Å². The summed E-state index contributed by atoms with van der Waals surface area (Å²) in [5.74, 6) is 0.228. The smallest absolute Gasteiger partial charge is 0.219 e. The number of thiocarbonyl (C=S) groups is 1. The van der Waals surface area contributed by atoms with Crippen LogP contribution in [0.4, 0.5) is 5.82 Å². The standard InChI is InChI=1S/C10H14N4OS/c1-6-2-4-13-10(8(6)9(12)16)14-5-3-7(11)15/h2,4H,3,5H2,1H3,(H2,11,15)(H2,12,16)(H,13,14). The number of primary amides is 1. The van der Waals surface area contributed by atoms with Crippen LogP contribution in [0.1, 0.15) is 17.5 Å². The molecule has 86 valence electrons. The van der Waals surface area contributed by atoms with Gasteiger partial charge >= 0.3 is 0 Å². The number of aryl methyl sites for hydroxylation is 1. The van der Waals surface area contributed by atoms with Gasteiger partial charge in [-0.2, -0.15) is 0 Å². The van der Waals surface area contributed by atoms with Crippen LogP contribution in [0.3, 0.4) is 0 Å². The number of anilines is 1. The summed E-state index contributed by atoms with van der Waals surface area (Å²) in [4.78, 5) is 15.0. The molecule has 0 aliphatic carbocycles. The van der Waals surface area contributed by atoms with Gasteiger partial charge in [0, 0.05) is 19.2 Å². The summed E-state index contributed by atoms with van der Waals surface area (Å²) in [7, 11) is 0. The third kappa shape index (κ3) is 3.16. The van der Waals surface area contributed by atoms with Crippen molar-refractivity contribution in [2.24, 2.45) is 11.5 Å². The van der Waals surface area contributed by atoms with Gasteiger partial charge in [0.15, 0.2) is 0 Å². The van der Waals surface area contributed by atoms with Crippen LogP contribution < -0.4 is 16.8 Å². The van der Waals surface area contributed by atoms with E-state index in [-0.39, 0.29) is 17.3 Å². The molecule has 0 saturated carbocycles. The number of carbonyl (C=O) groups excluding carboxylic acids is 1. The maximum atomic E-state index is 10.6. The molecule has 1 aromatic heterocycles. The van der Waals surface area contributed by atoms with Crippen LogP contribution in [-0.4, -0.2) is 22.4 Å². The molecule has 1 heterocycles. The summed E-state index contributed by atoms with van der Waals surface area (Å²) in [6, 6.07) is 1.83. The average molecular weight is 238 g/mol. The summed E-state index contributed by atoms with van der Waals surface area (Å²) in [6.07, 6.45) is 1.90. The molecule has 0 fully saturated rings. The van der Waals surface area contributed by atoms with E-state index in [9.17, 15) is 4.79 Å². The summed E-state index contributed by atoms with van der Waals surface area (Å²) in [5, 5.41) is 2.99. The molecule has 0 spiro atoms. The van der Waals surface area contributed by atoms with Crippen LogP contribution >= 0.6 is 12.2 Å². The van der Waals surface area contributed by atoms with Gasteiger partial charge in [-0.05, 0) is 18.6 Å². The van der Waals surface area contributed by atoms with E-state index in [2.05, 4.69) is 10.3 Å². The Morgan fingerprint density at radius 3 is 2.81 bits per heavy atom. The zero-order chi connectivity index (χ0) is 12.1. The summed E-state index contributed by atoms with van der Waals surface area (Å²) < 4.78 is 0. The molecular weight excluding hydrogens is 224 g/mol. The minimum atomic E-state index is -0.364. The third-order valence-electron chi connectivity index (χ3n) is 2.07. The fraction of sp³-hybridized carbons (Fsp3) is 0.300. The monoisotopic (exact) mass is 238 g/mol. The lowest BCUT2D eigenvalue weighted by Crippen LogP contribution is -2.19. The fourth-order valence-electron chi connectivity index (χ4n) is 1.31. The van der Waals surface area contributed by atoms with Gasteiger partial charge in [-0.3, -0.25) is 4.79 Å². The molecule has 0 unspecified atom stereocenters. The van der Waals surface area contributed by atoms with Gasteiger partial charge in [0.25, 0.3) is 0 Å². The van der Waals surface area contributed by atoms with Crippen molar-refractivity contribution in [1.29, 1.82) is 0 Å². The zero-order valence-electron chi connectivity index (χ0n) is 8.99. The van der Waals surface area contributed by atoms with Gasteiger partial charge in [-0.25, -0.2) is 4.98 Å². The number of rotatable bonds is 5. The summed E-state index contributed by atoms with van der Waals surface area (Å²) in [6.45, 7) is 2.32. The van der Waals surface area contributed by atoms with E-state index in [1.165, 1.54) is 0 Å². The number of amides is 1. The normalized spacial score (nSPS) is 9.81. The van der Waals surface area contributed by atoms with Crippen molar-refractivity contribution in [3.8, 4) is 0 Å². The second kappa shape index (κ2) is 5.41. The predicted molar refractivity (Wildman–Crippen MR) is 67.2 cm³/mol. The second-order valence-electron chi connectivity index (χ2n) is 3.36. The number of nitrogens with zero attached hydrogens (tertiary/aromatic N) is 1. The second-order valence-corrected chi connectivity index (χ2v) is 3.80. The SMILES string of the molecule is Cc1ccnc(NCCC(N)=O)c1C(N)=S. The molecule has 0 radical (unpaired) electrons. The lowest BCUT2D eigenvalue weighted by atomic mass is 10.1. The first-order valence-corrected chi connectivity index (χ1v) is 5.20. The van der Waals surface area contributed by atoms with Crippen molar-refractivity contribution in [2.75, 3.05) is 11.9 Å². The van der Waals surface area contributed by atoms with Gasteiger partial charge in [0.1, 0.15) is 10.8 Å². The Labute approximate surface area is 99.2 Å². The maximum absolute atomic E-state index is 10.6. The van der Waals surface area contributed by atoms with Crippen molar-refractivity contribution in [2.45, 2.75) is 13.3 Å². The van der Waals surface area contributed by atoms with Crippen molar-refractivity contribution in [1.82, 2.24) is 4.98 Å². The maximum Gasteiger partial charge on any atom is 0.219 e. The molecule has 1 amide bonds. The molecule has 5 nitrogen and oxygen atoms in total. The first-order chi connectivity index (χ1) is 7.52. The molecular formula is C10H14N4OS. The van der Waals surface area contributed by atoms with Crippen LogP contribution in [0, 0.1) is 6.92 Å². The van der Waals surface area contributed by atoms with Crippen LogP contribution in [-0.2, 0) is 4.79 Å². The van der Waals surface area contributed by atoms with E-state index in [1.54, 1.807) is 6.20 Å². The number of nitrogens with one attached hydrogen (secondary N) is 1. The Kier molecular flexibility index (Phi) is 4.19. The Balaban J connectivity index is 2.83. The number of aromatic nitrogens is 1. The molecule has 16 heavy (non-hydrogen) atoms. The predicted octanol–water partition coefficient (Wildman–Crippen LogP) is 0.312. The van der Waals surface area contributed by atoms with Crippen LogP contribution in [0.5, 0.6) is 0 Å². The number of hydrogen-bond acceptors (Lipinski definition) is 4. The summed E-state index contributed by atoms with van der Waals surface area (Å²) in [5.41, 5.74) is 12.3. The van der Waals surface area contributed by atoms with E-state index in [0.717, 1.165) is 5.56 Å². The van der Waals surface area contributed by atoms with E-state index >= 15 is 0 Å². The highest BCUT2D eigenvalue weighted by Crippen LogP contribution is 2.16. The fourth-order valence-corrected chi connectivity index (χ4v) is 1.57. The average Bonchev–Trinajstić information content (AvgIpc) is 2.16. The number of hydrogen-bond donors (Lipinski definition) is 3. The molecule has 0 saturated heterocycles. The first kappa shape index (κ1) is 12.4. The van der Waals surface area contributed by atoms with Crippen LogP contribution in [0.15, 0.2) is 12.3 Å². The molecule has 0 aliphatic heterocycles. The molecule has 0 bridgehead atoms. The van der Waals surface area contributed by atoms with Crippen LogP contribution in [0.2, 0.25) is 0 Å². The van der Waals surface area contributed by atoms with Crippen molar-refractivity contribution < 1.29 is 4.79 Å². The molecule has 6 heteroatoms. The Morgan fingerprint density at radius 2 is 2.25 bits per heavy atom. The van der Waals surface area contributed by atoms with E-state index in [1.807, 2.05) is 13.0 Å². The topological polar surface area (TPSA) is 94.0 Å². The van der Waals surface area contributed by atoms with Gasteiger partial charge < -0.3 is 16.8 Å². The highest BCUT2D eigenvalue weighted by atomic mass is 32.1. The molecule has 5 N–H and O–H groups in total. The molecule has 0 aliphatic rings.